The first-order valence-corrected chi connectivity index (χ1v) is 9.04. The second-order valence-electron chi connectivity index (χ2n) is 6.13. The van der Waals surface area contributed by atoms with Crippen molar-refractivity contribution in [2.75, 3.05) is 51.9 Å². The molecule has 0 saturated carbocycles. The Morgan fingerprint density at radius 1 is 1.15 bits per heavy atom. The number of amides is 1. The van der Waals surface area contributed by atoms with E-state index in [0.717, 1.165) is 11.4 Å². The Morgan fingerprint density at radius 3 is 2.46 bits per heavy atom. The van der Waals surface area contributed by atoms with Crippen LogP contribution in [0.1, 0.15) is 19.8 Å². The van der Waals surface area contributed by atoms with E-state index in [0.29, 0.717) is 45.8 Å². The third-order valence-corrected chi connectivity index (χ3v) is 4.32. The van der Waals surface area contributed by atoms with Crippen LogP contribution in [0.4, 0.5) is 5.69 Å². The van der Waals surface area contributed by atoms with Crippen LogP contribution < -0.4 is 10.1 Å². The van der Waals surface area contributed by atoms with Crippen LogP contribution in [0, 0.1) is 5.92 Å². The fraction of sp³-hybridized carbons (Fsp3) is 0.579. The van der Waals surface area contributed by atoms with Crippen LogP contribution in [0.5, 0.6) is 5.75 Å². The van der Waals surface area contributed by atoms with Crippen LogP contribution in [0.25, 0.3) is 0 Å². The van der Waals surface area contributed by atoms with Gasteiger partial charge in [0.2, 0.25) is 5.91 Å². The van der Waals surface area contributed by atoms with E-state index in [9.17, 15) is 9.59 Å². The zero-order chi connectivity index (χ0) is 18.8. The number of piperidine rings is 1. The molecule has 0 radical (unpaired) electrons. The first kappa shape index (κ1) is 20.0. The molecule has 0 aromatic heterocycles. The van der Waals surface area contributed by atoms with Crippen molar-refractivity contribution in [2.24, 2.45) is 5.92 Å². The summed E-state index contributed by atoms with van der Waals surface area (Å²) >= 11 is 0. The van der Waals surface area contributed by atoms with E-state index >= 15 is 0 Å². The lowest BCUT2D eigenvalue weighted by Crippen LogP contribution is -2.43. The zero-order valence-corrected chi connectivity index (χ0v) is 15.5. The molecule has 0 aliphatic carbocycles. The van der Waals surface area contributed by atoms with Crippen LogP contribution >= 0.6 is 0 Å². The van der Waals surface area contributed by atoms with Gasteiger partial charge >= 0.3 is 5.97 Å². The monoisotopic (exact) mass is 364 g/mol. The first-order valence-electron chi connectivity index (χ1n) is 9.04. The fourth-order valence-electron chi connectivity index (χ4n) is 2.83. The summed E-state index contributed by atoms with van der Waals surface area (Å²) in [4.78, 5) is 25.9. The molecule has 1 N–H and O–H groups in total. The number of benzene rings is 1. The molecule has 0 unspecified atom stereocenters. The van der Waals surface area contributed by atoms with Crippen LogP contribution in [-0.2, 0) is 19.1 Å². The molecular formula is C19H28N2O5. The summed E-state index contributed by atoms with van der Waals surface area (Å²) in [7, 11) is 1.63. The third-order valence-electron chi connectivity index (χ3n) is 4.32. The fourth-order valence-corrected chi connectivity index (χ4v) is 2.83. The van der Waals surface area contributed by atoms with Crippen molar-refractivity contribution < 1.29 is 23.8 Å². The summed E-state index contributed by atoms with van der Waals surface area (Å²) in [6.07, 6.45) is 1.33. The highest BCUT2D eigenvalue weighted by Gasteiger charge is 2.27. The molecule has 0 atom stereocenters. The number of methoxy groups -OCH3 is 1. The van der Waals surface area contributed by atoms with E-state index in [1.807, 2.05) is 24.3 Å². The number of anilines is 1. The molecule has 0 spiro atoms. The topological polar surface area (TPSA) is 77.1 Å². The SMILES string of the molecule is CCOC(=O)C1CCN(C(=O)CNc2ccc(OCCOC)cc2)CC1. The van der Waals surface area contributed by atoms with Crippen molar-refractivity contribution in [1.29, 1.82) is 0 Å². The van der Waals surface area contributed by atoms with Crippen molar-refractivity contribution in [1.82, 2.24) is 4.90 Å². The van der Waals surface area contributed by atoms with Gasteiger partial charge in [-0.1, -0.05) is 0 Å². The minimum Gasteiger partial charge on any atom is -0.491 e. The highest BCUT2D eigenvalue weighted by Crippen LogP contribution is 2.19. The normalized spacial score (nSPS) is 14.8. The molecular weight excluding hydrogens is 336 g/mol. The molecule has 1 heterocycles. The summed E-state index contributed by atoms with van der Waals surface area (Å²) < 4.78 is 15.5. The molecule has 1 aromatic rings. The number of esters is 1. The molecule has 1 aromatic carbocycles. The van der Waals surface area contributed by atoms with Crippen LogP contribution in [0.3, 0.4) is 0 Å². The van der Waals surface area contributed by atoms with Crippen molar-refractivity contribution in [3.63, 3.8) is 0 Å². The molecule has 7 nitrogen and oxygen atoms in total. The average Bonchev–Trinajstić information content (AvgIpc) is 2.67. The Kier molecular flexibility index (Phi) is 8.21. The lowest BCUT2D eigenvalue weighted by Gasteiger charge is -2.31. The number of hydrogen-bond donors (Lipinski definition) is 1. The molecule has 1 saturated heterocycles. The number of carbonyl (C=O) groups excluding carboxylic acids is 2. The van der Waals surface area contributed by atoms with Gasteiger partial charge in [0, 0.05) is 25.9 Å². The quantitative estimate of drug-likeness (QED) is 0.533. The standard InChI is InChI=1S/C19H28N2O5/c1-3-25-19(23)15-8-10-21(11-9-15)18(22)14-20-16-4-6-17(7-5-16)26-13-12-24-2/h4-7,15,20H,3,8-14H2,1-2H3. The van der Waals surface area contributed by atoms with Crippen LogP contribution in [-0.4, -0.2) is 63.3 Å². The predicted octanol–water partition coefficient (Wildman–Crippen LogP) is 1.93. The van der Waals surface area contributed by atoms with Gasteiger partial charge in [0.15, 0.2) is 0 Å². The third kappa shape index (κ3) is 6.22. The van der Waals surface area contributed by atoms with E-state index in [-0.39, 0.29) is 24.3 Å². The number of nitrogens with one attached hydrogen (secondary N) is 1. The van der Waals surface area contributed by atoms with Gasteiger partial charge in [-0.2, -0.15) is 0 Å². The van der Waals surface area contributed by atoms with E-state index in [1.165, 1.54) is 0 Å². The number of rotatable bonds is 9. The van der Waals surface area contributed by atoms with Crippen molar-refractivity contribution >= 4 is 17.6 Å². The smallest absolute Gasteiger partial charge is 0.309 e. The maximum absolute atomic E-state index is 12.3. The highest BCUT2D eigenvalue weighted by atomic mass is 16.5. The highest BCUT2D eigenvalue weighted by molar-refractivity contribution is 5.81. The Hall–Kier alpha value is -2.28. The van der Waals surface area contributed by atoms with Crippen molar-refractivity contribution in [3.05, 3.63) is 24.3 Å². The minimum atomic E-state index is -0.148. The maximum Gasteiger partial charge on any atom is 0.309 e. The molecule has 1 amide bonds. The zero-order valence-electron chi connectivity index (χ0n) is 15.5. The number of nitrogens with zero attached hydrogens (tertiary/aromatic N) is 1. The summed E-state index contributed by atoms with van der Waals surface area (Å²) in [6, 6.07) is 7.46. The minimum absolute atomic E-state index is 0.0349. The average molecular weight is 364 g/mol. The van der Waals surface area contributed by atoms with Gasteiger partial charge in [-0.3, -0.25) is 9.59 Å². The molecule has 7 heteroatoms. The summed E-state index contributed by atoms with van der Waals surface area (Å²) in [5.74, 6) is 0.566. The predicted molar refractivity (Wildman–Crippen MR) is 98.2 cm³/mol. The molecule has 144 valence electrons. The van der Waals surface area contributed by atoms with Gasteiger partial charge in [-0.05, 0) is 44.0 Å². The summed E-state index contributed by atoms with van der Waals surface area (Å²) in [6.45, 7) is 4.67. The maximum atomic E-state index is 12.3. The first-order chi connectivity index (χ1) is 12.6. The lowest BCUT2D eigenvalue weighted by molar-refractivity contribution is -0.151. The second-order valence-corrected chi connectivity index (χ2v) is 6.13. The van der Waals surface area contributed by atoms with E-state index in [4.69, 9.17) is 14.2 Å². The van der Waals surface area contributed by atoms with Gasteiger partial charge in [0.05, 0.1) is 25.7 Å². The lowest BCUT2D eigenvalue weighted by atomic mass is 9.97. The van der Waals surface area contributed by atoms with Crippen molar-refractivity contribution in [3.8, 4) is 5.75 Å². The van der Waals surface area contributed by atoms with Gasteiger partial charge in [-0.25, -0.2) is 0 Å². The second kappa shape index (κ2) is 10.7. The Balaban J connectivity index is 1.71. The number of ether oxygens (including phenoxy) is 3. The summed E-state index contributed by atoms with van der Waals surface area (Å²) in [5.41, 5.74) is 0.860. The van der Waals surface area contributed by atoms with Crippen LogP contribution in [0.2, 0.25) is 0 Å². The Labute approximate surface area is 154 Å². The molecule has 0 bridgehead atoms. The van der Waals surface area contributed by atoms with Gasteiger partial charge in [0.25, 0.3) is 0 Å². The molecule has 1 aliphatic heterocycles. The molecule has 2 rings (SSSR count). The Bertz CT molecular complexity index is 568. The van der Waals surface area contributed by atoms with E-state index < -0.39 is 0 Å². The van der Waals surface area contributed by atoms with E-state index in [2.05, 4.69) is 5.32 Å². The number of likely N-dealkylation sites (tertiary alicyclic amines) is 1. The van der Waals surface area contributed by atoms with Gasteiger partial charge < -0.3 is 24.4 Å². The Morgan fingerprint density at radius 2 is 1.85 bits per heavy atom. The van der Waals surface area contributed by atoms with E-state index in [1.54, 1.807) is 18.9 Å². The molecule has 26 heavy (non-hydrogen) atoms. The summed E-state index contributed by atoms with van der Waals surface area (Å²) in [5, 5.41) is 3.13. The number of carbonyl (C=O) groups is 2. The molecule has 1 aliphatic rings. The van der Waals surface area contributed by atoms with Gasteiger partial charge in [-0.15, -0.1) is 0 Å². The largest absolute Gasteiger partial charge is 0.491 e. The van der Waals surface area contributed by atoms with Crippen LogP contribution in [0.15, 0.2) is 24.3 Å². The van der Waals surface area contributed by atoms with Crippen molar-refractivity contribution in [2.45, 2.75) is 19.8 Å². The molecule has 1 fully saturated rings. The number of hydrogen-bond acceptors (Lipinski definition) is 6. The van der Waals surface area contributed by atoms with Gasteiger partial charge in [0.1, 0.15) is 12.4 Å².